The second-order valence-electron chi connectivity index (χ2n) is 7.48. The zero-order valence-electron chi connectivity index (χ0n) is 16.4. The predicted molar refractivity (Wildman–Crippen MR) is 109 cm³/mol. The van der Waals surface area contributed by atoms with Gasteiger partial charge in [-0.2, -0.15) is 0 Å². The van der Waals surface area contributed by atoms with Gasteiger partial charge in [0.15, 0.2) is 0 Å². The van der Waals surface area contributed by atoms with Crippen molar-refractivity contribution in [1.29, 1.82) is 0 Å². The van der Waals surface area contributed by atoms with E-state index in [1.54, 1.807) is 19.9 Å². The number of hydrogen-bond donors (Lipinski definition) is 2. The molecule has 1 aliphatic heterocycles. The minimum absolute atomic E-state index is 0.263. The third kappa shape index (κ3) is 4.39. The van der Waals surface area contributed by atoms with Gasteiger partial charge in [0.2, 0.25) is 0 Å². The van der Waals surface area contributed by atoms with Crippen LogP contribution in [0.2, 0.25) is 0 Å². The number of fused-ring (bicyclic) bond motifs is 1. The zero-order chi connectivity index (χ0) is 20.1. The van der Waals surface area contributed by atoms with Crippen molar-refractivity contribution < 1.29 is 19.4 Å². The fourth-order valence-electron chi connectivity index (χ4n) is 3.52. The van der Waals surface area contributed by atoms with Gasteiger partial charge >= 0.3 is 5.97 Å². The first-order chi connectivity index (χ1) is 13.4. The number of carbonyl (C=O) groups excluding carboxylic acids is 1. The molecule has 0 radical (unpaired) electrons. The summed E-state index contributed by atoms with van der Waals surface area (Å²) in [6.45, 7) is 4.75. The third-order valence-corrected chi connectivity index (χ3v) is 5.05. The molecule has 3 N–H and O–H groups in total. The molecule has 1 heterocycles. The Morgan fingerprint density at radius 2 is 2.07 bits per heavy atom. The molecule has 0 saturated heterocycles. The van der Waals surface area contributed by atoms with E-state index in [1.165, 1.54) is 5.56 Å². The van der Waals surface area contributed by atoms with Gasteiger partial charge in [0, 0.05) is 18.7 Å². The average Bonchev–Trinajstić information content (AvgIpc) is 2.69. The molecular formula is C22H28N2O4. The number of aliphatic hydroxyl groups is 1. The van der Waals surface area contributed by atoms with Crippen LogP contribution in [-0.4, -0.2) is 36.9 Å². The fraction of sp³-hybridized carbons (Fsp3) is 0.409. The van der Waals surface area contributed by atoms with Crippen molar-refractivity contribution in [2.75, 3.05) is 30.4 Å². The van der Waals surface area contributed by atoms with Gasteiger partial charge in [-0.3, -0.25) is 4.79 Å². The van der Waals surface area contributed by atoms with Crippen LogP contribution in [0.1, 0.15) is 25.8 Å². The average molecular weight is 384 g/mol. The molecule has 3 rings (SSSR count). The van der Waals surface area contributed by atoms with Gasteiger partial charge in [-0.05, 0) is 37.6 Å². The van der Waals surface area contributed by atoms with Crippen LogP contribution in [0, 0.1) is 5.41 Å². The number of esters is 1. The number of nitrogens with zero attached hydrogens (tertiary/aromatic N) is 1. The molecule has 6 heteroatoms. The second kappa shape index (κ2) is 8.52. The molecule has 6 nitrogen and oxygen atoms in total. The molecular weight excluding hydrogens is 356 g/mol. The van der Waals surface area contributed by atoms with Crippen LogP contribution in [0.15, 0.2) is 48.5 Å². The van der Waals surface area contributed by atoms with Gasteiger partial charge in [-0.15, -0.1) is 0 Å². The van der Waals surface area contributed by atoms with Gasteiger partial charge in [-0.25, -0.2) is 0 Å². The van der Waals surface area contributed by atoms with Crippen molar-refractivity contribution >= 4 is 17.3 Å². The summed E-state index contributed by atoms with van der Waals surface area (Å²) in [6.07, 6.45) is 0.0960. The van der Waals surface area contributed by atoms with Crippen molar-refractivity contribution in [3.8, 4) is 5.75 Å². The number of carbonyl (C=O) groups is 1. The van der Waals surface area contributed by atoms with Crippen LogP contribution >= 0.6 is 0 Å². The normalized spacial score (nSPS) is 18.0. The maximum absolute atomic E-state index is 12.4. The molecule has 0 amide bonds. The number of benzene rings is 2. The number of anilines is 2. The molecule has 2 aromatic rings. The highest BCUT2D eigenvalue weighted by Gasteiger charge is 2.39. The molecule has 150 valence electrons. The second-order valence-corrected chi connectivity index (χ2v) is 7.48. The van der Waals surface area contributed by atoms with E-state index >= 15 is 0 Å². The highest BCUT2D eigenvalue weighted by molar-refractivity contribution is 5.76. The fourth-order valence-corrected chi connectivity index (χ4v) is 3.52. The van der Waals surface area contributed by atoms with Crippen molar-refractivity contribution in [3.63, 3.8) is 0 Å². The molecule has 0 aliphatic carbocycles. The predicted octanol–water partition coefficient (Wildman–Crippen LogP) is 2.99. The smallest absolute Gasteiger partial charge is 0.314 e. The molecule has 0 spiro atoms. The Balaban J connectivity index is 1.85. The summed E-state index contributed by atoms with van der Waals surface area (Å²) in [6, 6.07) is 15.7. The number of aliphatic hydroxyl groups excluding tert-OH is 1. The van der Waals surface area contributed by atoms with Crippen molar-refractivity contribution in [2.45, 2.75) is 32.9 Å². The van der Waals surface area contributed by atoms with E-state index in [9.17, 15) is 9.90 Å². The van der Waals surface area contributed by atoms with Gasteiger partial charge in [0.05, 0.1) is 30.9 Å². The maximum Gasteiger partial charge on any atom is 0.314 e. The van der Waals surface area contributed by atoms with Crippen LogP contribution in [0.4, 0.5) is 11.4 Å². The van der Waals surface area contributed by atoms with Crippen molar-refractivity contribution in [2.24, 2.45) is 5.41 Å². The van der Waals surface area contributed by atoms with Crippen LogP contribution in [0.25, 0.3) is 0 Å². The van der Waals surface area contributed by atoms with Crippen molar-refractivity contribution in [1.82, 2.24) is 0 Å². The van der Waals surface area contributed by atoms with E-state index in [0.717, 1.165) is 11.4 Å². The molecule has 0 fully saturated rings. The van der Waals surface area contributed by atoms with E-state index in [1.807, 2.05) is 30.3 Å². The molecule has 0 bridgehead atoms. The Bertz CT molecular complexity index is 811. The van der Waals surface area contributed by atoms with E-state index in [2.05, 4.69) is 17.0 Å². The summed E-state index contributed by atoms with van der Waals surface area (Å²) in [7, 11) is 0. The number of ether oxygens (including phenoxy) is 2. The van der Waals surface area contributed by atoms with Gasteiger partial charge in [-0.1, -0.05) is 30.3 Å². The Hall–Kier alpha value is -2.73. The topological polar surface area (TPSA) is 85.0 Å². The van der Waals surface area contributed by atoms with Crippen LogP contribution in [0.3, 0.4) is 0 Å². The highest BCUT2D eigenvalue weighted by atomic mass is 16.5. The maximum atomic E-state index is 12.4. The monoisotopic (exact) mass is 384 g/mol. The summed E-state index contributed by atoms with van der Waals surface area (Å²) in [5, 5.41) is 9.86. The van der Waals surface area contributed by atoms with Crippen LogP contribution in [0.5, 0.6) is 5.75 Å². The number of nitrogen functional groups attached to an aromatic ring is 1. The molecule has 2 atom stereocenters. The highest BCUT2D eigenvalue weighted by Crippen LogP contribution is 2.38. The van der Waals surface area contributed by atoms with E-state index in [-0.39, 0.29) is 19.3 Å². The van der Waals surface area contributed by atoms with E-state index in [0.29, 0.717) is 25.2 Å². The summed E-state index contributed by atoms with van der Waals surface area (Å²) in [4.78, 5) is 14.6. The lowest BCUT2D eigenvalue weighted by Crippen LogP contribution is -2.45. The summed E-state index contributed by atoms with van der Waals surface area (Å²) < 4.78 is 11.3. The molecule has 28 heavy (non-hydrogen) atoms. The van der Waals surface area contributed by atoms with Gasteiger partial charge in [0.25, 0.3) is 0 Å². The summed E-state index contributed by atoms with van der Waals surface area (Å²) in [5.74, 6) is 0.323. The van der Waals surface area contributed by atoms with E-state index in [4.69, 9.17) is 15.2 Å². The van der Waals surface area contributed by atoms with Gasteiger partial charge in [0.1, 0.15) is 11.9 Å². The lowest BCUT2D eigenvalue weighted by molar-refractivity contribution is -0.158. The molecule has 1 aliphatic rings. The van der Waals surface area contributed by atoms with E-state index < -0.39 is 11.4 Å². The molecule has 0 aromatic heterocycles. The lowest BCUT2D eigenvalue weighted by Gasteiger charge is -2.39. The van der Waals surface area contributed by atoms with Crippen LogP contribution in [-0.2, 0) is 16.1 Å². The molecule has 2 unspecified atom stereocenters. The number of hydrogen-bond acceptors (Lipinski definition) is 6. The molecule has 2 aromatic carbocycles. The summed E-state index contributed by atoms with van der Waals surface area (Å²) >= 11 is 0. The van der Waals surface area contributed by atoms with Gasteiger partial charge < -0.3 is 25.2 Å². The quantitative estimate of drug-likeness (QED) is 0.564. The zero-order valence-corrected chi connectivity index (χ0v) is 16.4. The minimum Gasteiger partial charge on any atom is -0.486 e. The largest absolute Gasteiger partial charge is 0.486 e. The van der Waals surface area contributed by atoms with Crippen LogP contribution < -0.4 is 15.4 Å². The Morgan fingerprint density at radius 3 is 2.75 bits per heavy atom. The SMILES string of the molecule is CCOC(=O)C(C)(CO)CC1CN(Cc2ccccc2)c2cc(N)ccc2O1. The minimum atomic E-state index is -1.01. The summed E-state index contributed by atoms with van der Waals surface area (Å²) in [5.41, 5.74) is 7.76. The van der Waals surface area contributed by atoms with Crippen molar-refractivity contribution in [3.05, 3.63) is 54.1 Å². The third-order valence-electron chi connectivity index (χ3n) is 5.05. The standard InChI is InChI=1S/C22H28N2O4/c1-3-27-21(26)22(2,15-25)12-18-14-24(13-16-7-5-4-6-8-16)19-11-17(23)9-10-20(19)28-18/h4-11,18,25H,3,12-15,23H2,1-2H3. The first-order valence-electron chi connectivity index (χ1n) is 9.58. The molecule has 0 saturated carbocycles. The number of nitrogens with two attached hydrogens (primary N) is 1. The Kier molecular flexibility index (Phi) is 6.09. The first-order valence-corrected chi connectivity index (χ1v) is 9.58. The Morgan fingerprint density at radius 1 is 1.32 bits per heavy atom. The Labute approximate surface area is 165 Å². The number of rotatable bonds is 7. The lowest BCUT2D eigenvalue weighted by atomic mass is 9.84. The first kappa shape index (κ1) is 20.0.